The molecule has 0 aliphatic heterocycles. The number of amides is 1. The predicted molar refractivity (Wildman–Crippen MR) is 219 cm³/mol. The molecular formula is C43H79N2O6P. The number of quaternary nitrogens is 1. The van der Waals surface area contributed by atoms with Crippen LogP contribution in [0.2, 0.25) is 0 Å². The fourth-order valence-electron chi connectivity index (χ4n) is 5.46. The second-order valence-electron chi connectivity index (χ2n) is 15.0. The smallest absolute Gasteiger partial charge is 0.268 e. The monoisotopic (exact) mass is 751 g/mol. The molecule has 0 fully saturated rings. The van der Waals surface area contributed by atoms with Crippen molar-refractivity contribution in [1.29, 1.82) is 0 Å². The van der Waals surface area contributed by atoms with E-state index in [1.165, 1.54) is 83.5 Å². The average Bonchev–Trinajstić information content (AvgIpc) is 3.09. The lowest BCUT2D eigenvalue weighted by molar-refractivity contribution is -0.870. The highest BCUT2D eigenvalue weighted by atomic mass is 31.2. The summed E-state index contributed by atoms with van der Waals surface area (Å²) in [5.41, 5.74) is 0. The standard InChI is InChI=1S/C43H79N2O6P/c1-6-8-10-12-14-16-18-20-21-22-23-25-26-28-30-32-34-36-42(46)41(40-51-52(48,49)50-39-38-45(3,4)5)44-43(47)37-35-33-31-29-27-24-19-17-15-13-11-9-7-2/h9,11,15,17,24,27,31,33-34,36,41-42,46H,6-8,10,12-14,16,18-23,25-26,28-30,32,35,37-40H2,1-5H3,(H-,44,47,48,49)/b11-9-,17-15-,27-24-,33-31-,36-34+. The highest BCUT2D eigenvalue weighted by molar-refractivity contribution is 7.45. The van der Waals surface area contributed by atoms with Crippen molar-refractivity contribution in [3.8, 4) is 0 Å². The van der Waals surface area contributed by atoms with Crippen molar-refractivity contribution in [2.75, 3.05) is 40.9 Å². The number of nitrogens with zero attached hydrogens (tertiary/aromatic N) is 1. The second kappa shape index (κ2) is 34.9. The van der Waals surface area contributed by atoms with Gasteiger partial charge in [0.15, 0.2) is 0 Å². The van der Waals surface area contributed by atoms with Gasteiger partial charge in [-0.05, 0) is 44.9 Å². The van der Waals surface area contributed by atoms with Crippen LogP contribution in [-0.2, 0) is 18.4 Å². The van der Waals surface area contributed by atoms with E-state index in [1.54, 1.807) is 6.08 Å². The zero-order chi connectivity index (χ0) is 38.6. The molecule has 0 bridgehead atoms. The quantitative estimate of drug-likeness (QED) is 0.0286. The zero-order valence-corrected chi connectivity index (χ0v) is 34.9. The summed E-state index contributed by atoms with van der Waals surface area (Å²) in [6, 6.07) is -0.925. The number of phosphoric acid groups is 1. The normalized spacial score (nSPS) is 15.1. The Morgan fingerprint density at radius 2 is 1.17 bits per heavy atom. The van der Waals surface area contributed by atoms with E-state index in [9.17, 15) is 19.4 Å². The van der Waals surface area contributed by atoms with Crippen molar-refractivity contribution >= 4 is 13.7 Å². The average molecular weight is 751 g/mol. The highest BCUT2D eigenvalue weighted by Crippen LogP contribution is 2.38. The van der Waals surface area contributed by atoms with Gasteiger partial charge < -0.3 is 28.8 Å². The maximum atomic E-state index is 12.8. The third kappa shape index (κ3) is 36.6. The number of nitrogens with one attached hydrogen (secondary N) is 1. The molecule has 0 aromatic heterocycles. The first kappa shape index (κ1) is 50.2. The topological polar surface area (TPSA) is 108 Å². The molecule has 3 unspecified atom stereocenters. The molecule has 8 nitrogen and oxygen atoms in total. The van der Waals surface area contributed by atoms with E-state index >= 15 is 0 Å². The summed E-state index contributed by atoms with van der Waals surface area (Å²) >= 11 is 0. The minimum absolute atomic E-state index is 0.0160. The second-order valence-corrected chi connectivity index (χ2v) is 16.4. The molecule has 0 aromatic rings. The number of carbonyl (C=O) groups excluding carboxylic acids is 1. The van der Waals surface area contributed by atoms with Gasteiger partial charge in [-0.2, -0.15) is 0 Å². The van der Waals surface area contributed by atoms with E-state index in [4.69, 9.17) is 9.05 Å². The van der Waals surface area contributed by atoms with Gasteiger partial charge in [-0.15, -0.1) is 0 Å². The van der Waals surface area contributed by atoms with Gasteiger partial charge in [0.25, 0.3) is 7.82 Å². The summed E-state index contributed by atoms with van der Waals surface area (Å²) < 4.78 is 23.1. The first-order chi connectivity index (χ1) is 25.0. The molecule has 0 rings (SSSR count). The molecule has 0 aliphatic rings. The number of hydrogen-bond donors (Lipinski definition) is 2. The van der Waals surface area contributed by atoms with Gasteiger partial charge in [0.05, 0.1) is 39.9 Å². The minimum Gasteiger partial charge on any atom is -0.756 e. The van der Waals surface area contributed by atoms with Gasteiger partial charge in [0.1, 0.15) is 13.2 Å². The summed E-state index contributed by atoms with van der Waals surface area (Å²) in [5.74, 6) is -0.280. The number of phosphoric ester groups is 1. The molecule has 0 heterocycles. The lowest BCUT2D eigenvalue weighted by Gasteiger charge is -2.29. The third-order valence-electron chi connectivity index (χ3n) is 8.75. The molecule has 0 saturated carbocycles. The van der Waals surface area contributed by atoms with Gasteiger partial charge in [-0.3, -0.25) is 9.36 Å². The Morgan fingerprint density at radius 3 is 1.67 bits per heavy atom. The van der Waals surface area contributed by atoms with Crippen molar-refractivity contribution in [3.63, 3.8) is 0 Å². The van der Waals surface area contributed by atoms with Crippen LogP contribution in [0.4, 0.5) is 0 Å². The Morgan fingerprint density at radius 1 is 0.692 bits per heavy atom. The SMILES string of the molecule is CC/C=C\C/C=C\C/C=C\C/C=C\CCC(=O)NC(COP(=O)([O-])OCC[N+](C)(C)C)C(O)/C=C/CCCCCCCCCCCCCCCCC. The largest absolute Gasteiger partial charge is 0.756 e. The van der Waals surface area contributed by atoms with Crippen molar-refractivity contribution in [1.82, 2.24) is 5.32 Å². The van der Waals surface area contributed by atoms with E-state index in [0.717, 1.165) is 44.9 Å². The van der Waals surface area contributed by atoms with Crippen LogP contribution in [0, 0.1) is 0 Å². The molecule has 0 saturated heterocycles. The Hall–Kier alpha value is -1.80. The van der Waals surface area contributed by atoms with Crippen LogP contribution in [0.1, 0.15) is 155 Å². The van der Waals surface area contributed by atoms with Gasteiger partial charge in [-0.1, -0.05) is 164 Å². The lowest BCUT2D eigenvalue weighted by atomic mass is 10.0. The van der Waals surface area contributed by atoms with E-state index in [-0.39, 0.29) is 18.9 Å². The number of unbranched alkanes of at least 4 members (excludes halogenated alkanes) is 15. The van der Waals surface area contributed by atoms with Crippen LogP contribution in [0.15, 0.2) is 60.8 Å². The lowest BCUT2D eigenvalue weighted by Crippen LogP contribution is -2.45. The number of likely N-dealkylation sites (N-methyl/N-ethyl adjacent to an activating group) is 1. The predicted octanol–water partition coefficient (Wildman–Crippen LogP) is 10.4. The van der Waals surface area contributed by atoms with Gasteiger partial charge in [0, 0.05) is 6.42 Å². The molecule has 3 atom stereocenters. The summed E-state index contributed by atoms with van der Waals surface area (Å²) in [4.78, 5) is 25.2. The third-order valence-corrected chi connectivity index (χ3v) is 9.71. The molecule has 0 radical (unpaired) electrons. The molecule has 52 heavy (non-hydrogen) atoms. The Labute approximate surface area is 320 Å². The molecule has 0 spiro atoms. The van der Waals surface area contributed by atoms with E-state index in [1.807, 2.05) is 39.4 Å². The highest BCUT2D eigenvalue weighted by Gasteiger charge is 2.23. The van der Waals surface area contributed by atoms with Crippen molar-refractivity contribution < 1.29 is 32.9 Å². The number of carbonyl (C=O) groups is 1. The van der Waals surface area contributed by atoms with Crippen LogP contribution in [0.3, 0.4) is 0 Å². The van der Waals surface area contributed by atoms with Gasteiger partial charge in [-0.25, -0.2) is 0 Å². The fraction of sp³-hybridized carbons (Fsp3) is 0.744. The molecule has 2 N–H and O–H groups in total. The first-order valence-corrected chi connectivity index (χ1v) is 22.1. The van der Waals surface area contributed by atoms with E-state index in [2.05, 4.69) is 55.6 Å². The number of rotatable bonds is 36. The molecule has 1 amide bonds. The van der Waals surface area contributed by atoms with E-state index < -0.39 is 26.6 Å². The van der Waals surface area contributed by atoms with Crippen LogP contribution in [0.5, 0.6) is 0 Å². The summed E-state index contributed by atoms with van der Waals surface area (Å²) in [5, 5.41) is 13.7. The minimum atomic E-state index is -4.60. The summed E-state index contributed by atoms with van der Waals surface area (Å²) in [6.45, 7) is 4.45. The number of aliphatic hydroxyl groups excluding tert-OH is 1. The van der Waals surface area contributed by atoms with Crippen LogP contribution >= 0.6 is 7.82 Å². The summed E-state index contributed by atoms with van der Waals surface area (Å²) in [7, 11) is 1.21. The van der Waals surface area contributed by atoms with Crippen LogP contribution in [-0.4, -0.2) is 68.5 Å². The number of aliphatic hydroxyl groups is 1. The molecule has 0 aliphatic carbocycles. The summed E-state index contributed by atoms with van der Waals surface area (Å²) in [6.07, 6.45) is 44.3. The number of allylic oxidation sites excluding steroid dienone is 9. The molecular weight excluding hydrogens is 671 g/mol. The molecule has 9 heteroatoms. The van der Waals surface area contributed by atoms with Gasteiger partial charge in [0.2, 0.25) is 5.91 Å². The van der Waals surface area contributed by atoms with Crippen LogP contribution < -0.4 is 10.2 Å². The van der Waals surface area contributed by atoms with Gasteiger partial charge >= 0.3 is 0 Å². The Bertz CT molecular complexity index is 1030. The Kier molecular flexibility index (Phi) is 33.7. The van der Waals surface area contributed by atoms with Crippen molar-refractivity contribution in [2.24, 2.45) is 0 Å². The van der Waals surface area contributed by atoms with Crippen LogP contribution in [0.25, 0.3) is 0 Å². The first-order valence-electron chi connectivity index (χ1n) is 20.7. The number of hydrogen-bond acceptors (Lipinski definition) is 6. The fourth-order valence-corrected chi connectivity index (χ4v) is 6.18. The van der Waals surface area contributed by atoms with E-state index in [0.29, 0.717) is 17.4 Å². The Balaban J connectivity index is 4.58. The van der Waals surface area contributed by atoms with Crippen molar-refractivity contribution in [3.05, 3.63) is 60.8 Å². The molecule has 302 valence electrons. The molecule has 0 aromatic carbocycles. The zero-order valence-electron chi connectivity index (χ0n) is 34.0. The maximum absolute atomic E-state index is 12.8. The maximum Gasteiger partial charge on any atom is 0.268 e. The van der Waals surface area contributed by atoms with Crippen molar-refractivity contribution in [2.45, 2.75) is 167 Å².